The molecule has 0 aliphatic carbocycles. The first-order chi connectivity index (χ1) is 26.7. The van der Waals surface area contributed by atoms with E-state index in [2.05, 4.69) is 81.5 Å². The van der Waals surface area contributed by atoms with E-state index in [1.54, 1.807) is 42.6 Å². The number of ether oxygens (including phenoxy) is 3. The molecule has 0 radical (unpaired) electrons. The second kappa shape index (κ2) is 19.1. The van der Waals surface area contributed by atoms with E-state index in [0.29, 0.717) is 11.3 Å². The Labute approximate surface area is 332 Å². The Balaban J connectivity index is 0.000000427. The number of methoxy groups -OCH3 is 1. The van der Waals surface area contributed by atoms with Gasteiger partial charge in [0.25, 0.3) is 0 Å². The molecule has 0 N–H and O–H groups in total. The molecular weight excluding hydrogens is 776 g/mol. The van der Waals surface area contributed by atoms with Crippen molar-refractivity contribution in [2.45, 2.75) is 0 Å². The Morgan fingerprint density at radius 3 is 1.50 bits per heavy atom. The summed E-state index contributed by atoms with van der Waals surface area (Å²) in [7, 11) is -2.93. The zero-order valence-corrected chi connectivity index (χ0v) is 37.0. The van der Waals surface area contributed by atoms with Crippen LogP contribution in [0.25, 0.3) is 0 Å². The van der Waals surface area contributed by atoms with Crippen LogP contribution in [0, 0.1) is 0 Å². The molecule has 6 rings (SSSR count). The third kappa shape index (κ3) is 12.0. The number of carbonyl (C=O) groups excluding carboxylic acids is 1. The molecule has 0 saturated heterocycles. The van der Waals surface area contributed by atoms with E-state index in [4.69, 9.17) is 32.5 Å². The molecule has 14 heteroatoms. The van der Waals surface area contributed by atoms with Gasteiger partial charge in [-0.1, -0.05) is 60.7 Å². The molecule has 0 spiro atoms. The maximum atomic E-state index is 11.1. The van der Waals surface area contributed by atoms with Gasteiger partial charge in [-0.15, -0.1) is 0 Å². The average Bonchev–Trinajstić information content (AvgIpc) is 3.18. The monoisotopic (exact) mass is 828 g/mol. The molecule has 0 aromatic heterocycles. The lowest BCUT2D eigenvalue weighted by Gasteiger charge is -2.27. The number of hydrazone groups is 1. The van der Waals surface area contributed by atoms with Gasteiger partial charge in [-0.3, -0.25) is 14.5 Å². The van der Waals surface area contributed by atoms with Crippen molar-refractivity contribution in [3.63, 3.8) is 0 Å². The second-order valence-electron chi connectivity index (χ2n) is 14.1. The highest BCUT2D eigenvalue weighted by atomic mass is 31.2. The van der Waals surface area contributed by atoms with E-state index >= 15 is 0 Å². The van der Waals surface area contributed by atoms with Crippen LogP contribution in [0.4, 0.5) is 0 Å². The summed E-state index contributed by atoms with van der Waals surface area (Å²) in [6.07, 6.45) is 2.60. The fourth-order valence-corrected chi connectivity index (χ4v) is 23.9. The lowest BCUT2D eigenvalue weighted by molar-refractivity contribution is 0.112. The number of hydrogen-bond donors (Lipinski definition) is 0. The summed E-state index contributed by atoms with van der Waals surface area (Å²) >= 11 is 0. The molecule has 0 unspecified atom stereocenters. The first-order valence-corrected chi connectivity index (χ1v) is 27.5. The lowest BCUT2D eigenvalue weighted by Crippen LogP contribution is -2.26. The van der Waals surface area contributed by atoms with Gasteiger partial charge in [-0.2, -0.15) is 5.10 Å². The number of nitrogens with zero attached hydrogens (tertiary/aromatic N) is 6. The molecule has 1 aliphatic heterocycles. The number of rotatable bonds is 13. The average molecular weight is 829 g/mol. The van der Waals surface area contributed by atoms with E-state index < -0.39 is 28.7 Å². The zero-order chi connectivity index (χ0) is 40.2. The van der Waals surface area contributed by atoms with Crippen molar-refractivity contribution in [2.75, 3.05) is 67.6 Å². The smallest absolute Gasteiger partial charge is 0.178 e. The Bertz CT molecular complexity index is 2200. The van der Waals surface area contributed by atoms with Gasteiger partial charge in [0.15, 0.2) is 13.5 Å². The van der Waals surface area contributed by atoms with E-state index in [9.17, 15) is 4.79 Å². The predicted octanol–water partition coefficient (Wildman–Crippen LogP) is 10.5. The topological polar surface area (TPSA) is 110 Å². The Morgan fingerprint density at radius 1 is 0.589 bits per heavy atom. The van der Waals surface area contributed by atoms with Crippen LogP contribution in [0.2, 0.25) is 0 Å². The molecule has 1 heterocycles. The molecule has 0 atom stereocenters. The van der Waals surface area contributed by atoms with Gasteiger partial charge in [-0.25, -0.2) is 13.5 Å². The summed E-state index contributed by atoms with van der Waals surface area (Å²) < 4.78 is 36.9. The fourth-order valence-electron chi connectivity index (χ4n) is 6.29. The summed E-state index contributed by atoms with van der Waals surface area (Å²) in [4.78, 5) is 11.1. The highest BCUT2D eigenvalue weighted by Crippen LogP contribution is 2.71. The summed E-state index contributed by atoms with van der Waals surface area (Å²) in [5.74, 6) is 2.19. The Hall–Kier alpha value is -4.44. The number of hydrogen-bond acceptors (Lipinski definition) is 10. The highest BCUT2D eigenvalue weighted by Gasteiger charge is 2.27. The summed E-state index contributed by atoms with van der Waals surface area (Å²) in [6.45, 7) is 13.5. The largest absolute Gasteiger partial charge is 0.497 e. The number of carbonyl (C=O) groups is 1. The van der Waals surface area contributed by atoms with E-state index in [1.807, 2.05) is 79.8 Å². The summed E-state index contributed by atoms with van der Waals surface area (Å²) in [6, 6.07) is 43.6. The summed E-state index contributed by atoms with van der Waals surface area (Å²) in [5.41, 5.74) is 1.57. The molecule has 0 saturated carbocycles. The van der Waals surface area contributed by atoms with Gasteiger partial charge >= 0.3 is 0 Å². The number of aldehydes is 1. The van der Waals surface area contributed by atoms with Crippen LogP contribution in [0.5, 0.6) is 17.2 Å². The van der Waals surface area contributed by atoms with Crippen molar-refractivity contribution < 1.29 is 19.0 Å². The molecule has 5 aromatic rings. The molecule has 5 aromatic carbocycles. The first-order valence-electron chi connectivity index (χ1n) is 18.0. The second-order valence-corrected chi connectivity index (χ2v) is 27.4. The SMILES string of the molecule is COc1ccc(C=NN(C)COc2ccc(P(=NCOc3ccc(C=O)cc3)(c3ccccc3)c3ccccc3)cc2)cc1.CP1(C)=NP(C)(C)=NP(C)(C)=N1. The van der Waals surface area contributed by atoms with Gasteiger partial charge in [0, 0.05) is 28.5 Å². The van der Waals surface area contributed by atoms with Crippen molar-refractivity contribution in [3.8, 4) is 17.2 Å². The highest BCUT2D eigenvalue weighted by molar-refractivity contribution is 7.87. The van der Waals surface area contributed by atoms with Crippen LogP contribution < -0.4 is 30.1 Å². The maximum Gasteiger partial charge on any atom is 0.178 e. The molecule has 0 bridgehead atoms. The molecule has 294 valence electrons. The van der Waals surface area contributed by atoms with E-state index in [-0.39, 0.29) is 13.5 Å². The molecule has 0 fully saturated rings. The van der Waals surface area contributed by atoms with Gasteiger partial charge in [-0.05, 0) is 118 Å². The van der Waals surface area contributed by atoms with Crippen molar-refractivity contribution >= 4 is 57.1 Å². The summed E-state index contributed by atoms with van der Waals surface area (Å²) in [5, 5.41) is 9.52. The van der Waals surface area contributed by atoms with Crippen LogP contribution in [0.15, 0.2) is 157 Å². The van der Waals surface area contributed by atoms with E-state index in [1.165, 1.54) is 0 Å². The van der Waals surface area contributed by atoms with Crippen LogP contribution in [0.1, 0.15) is 15.9 Å². The minimum Gasteiger partial charge on any atom is -0.497 e. The van der Waals surface area contributed by atoms with Crippen molar-refractivity contribution in [2.24, 2.45) is 23.4 Å². The third-order valence-electron chi connectivity index (χ3n) is 8.24. The normalized spacial score (nSPS) is 15.1. The Morgan fingerprint density at radius 2 is 1.02 bits per heavy atom. The standard InChI is InChI=1S/C36H34N3O4P.C6H18N3P3/c1-39(37-25-29-13-17-31(41-2)18-14-29)28-43-33-21-23-36(24-22-33)44(34-9-5-3-6-10-34,35-11-7-4-8-12-35)38-27-42-32-19-15-30(26-40)16-20-32;1-10(2)7-11(3,4)9-12(5,6)8-10/h3-26H,27-28H2,1-2H3;1-6H3. The van der Waals surface area contributed by atoms with Crippen LogP contribution in [-0.4, -0.2) is 85.1 Å². The number of benzene rings is 5. The molecule has 10 nitrogen and oxygen atoms in total. The lowest BCUT2D eigenvalue weighted by atomic mass is 10.2. The van der Waals surface area contributed by atoms with E-state index in [0.717, 1.165) is 39.3 Å². The van der Waals surface area contributed by atoms with Crippen molar-refractivity contribution in [3.05, 3.63) is 145 Å². The van der Waals surface area contributed by atoms with Crippen molar-refractivity contribution in [1.29, 1.82) is 0 Å². The van der Waals surface area contributed by atoms with Gasteiger partial charge in [0.1, 0.15) is 23.5 Å². The predicted molar refractivity (Wildman–Crippen MR) is 242 cm³/mol. The van der Waals surface area contributed by atoms with Gasteiger partial charge < -0.3 is 14.2 Å². The van der Waals surface area contributed by atoms with Crippen LogP contribution >= 0.6 is 28.7 Å². The minimum atomic E-state index is -2.47. The maximum absolute atomic E-state index is 11.1. The molecular formula is C42H52N6O4P4. The molecule has 1 aliphatic rings. The first kappa shape index (κ1) is 42.7. The minimum absolute atomic E-state index is 0.146. The zero-order valence-electron chi connectivity index (χ0n) is 33.4. The Kier molecular flexibility index (Phi) is 14.6. The molecule has 0 amide bonds. The van der Waals surface area contributed by atoms with Gasteiger partial charge in [0.2, 0.25) is 0 Å². The quantitative estimate of drug-likeness (QED) is 0.0386. The third-order valence-corrected chi connectivity index (χ3v) is 22.4. The van der Waals surface area contributed by atoms with Crippen molar-refractivity contribution in [1.82, 2.24) is 5.01 Å². The fraction of sp³-hybridized carbons (Fsp3) is 0.238. The van der Waals surface area contributed by atoms with Gasteiger partial charge in [0.05, 0.1) is 42.0 Å². The molecule has 56 heavy (non-hydrogen) atoms. The van der Waals surface area contributed by atoms with Crippen LogP contribution in [-0.2, 0) is 0 Å². The van der Waals surface area contributed by atoms with Crippen LogP contribution in [0.3, 0.4) is 0 Å².